The first-order chi connectivity index (χ1) is 16.8. The number of likely N-dealkylation sites (tertiary alicyclic amines) is 1. The van der Waals surface area contributed by atoms with Crippen molar-refractivity contribution in [2.75, 3.05) is 31.1 Å². The van der Waals surface area contributed by atoms with Gasteiger partial charge >= 0.3 is 6.03 Å². The number of fused-ring (bicyclic) bond motifs is 1. The minimum absolute atomic E-state index is 0.0607. The van der Waals surface area contributed by atoms with Crippen LogP contribution in [0.5, 0.6) is 0 Å². The number of carbonyl (C=O) groups excluding carboxylic acids is 2. The van der Waals surface area contributed by atoms with Crippen molar-refractivity contribution in [3.63, 3.8) is 0 Å². The van der Waals surface area contributed by atoms with Crippen molar-refractivity contribution < 1.29 is 27.9 Å². The number of aliphatic hydroxyl groups is 1. The number of nitrogens with zero attached hydrogens (tertiary/aromatic N) is 3. The number of imide groups is 1. The lowest BCUT2D eigenvalue weighted by atomic mass is 9.66. The topological polar surface area (TPSA) is 85.8 Å². The van der Waals surface area contributed by atoms with Crippen molar-refractivity contribution in [3.8, 4) is 0 Å². The van der Waals surface area contributed by atoms with E-state index in [0.29, 0.717) is 36.5 Å². The average Bonchev–Trinajstić information content (AvgIpc) is 2.75. The van der Waals surface area contributed by atoms with Crippen LogP contribution in [0, 0.1) is 24.1 Å². The van der Waals surface area contributed by atoms with Gasteiger partial charge in [-0.15, -0.1) is 0 Å². The molecule has 2 aliphatic heterocycles. The third kappa shape index (κ3) is 4.14. The number of rotatable bonds is 4. The summed E-state index contributed by atoms with van der Waals surface area (Å²) >= 11 is 0. The molecule has 36 heavy (non-hydrogen) atoms. The highest BCUT2D eigenvalue weighted by molar-refractivity contribution is 6.06. The maximum Gasteiger partial charge on any atom is 0.328 e. The van der Waals surface area contributed by atoms with Gasteiger partial charge in [-0.2, -0.15) is 0 Å². The number of aromatic nitrogens is 1. The van der Waals surface area contributed by atoms with Gasteiger partial charge in [-0.3, -0.25) is 20.0 Å². The van der Waals surface area contributed by atoms with Gasteiger partial charge < -0.3 is 10.0 Å². The molecule has 1 aromatic heterocycles. The number of urea groups is 1. The number of anilines is 1. The monoisotopic (exact) mass is 504 g/mol. The molecule has 1 aliphatic carbocycles. The molecule has 10 heteroatoms. The zero-order valence-electron chi connectivity index (χ0n) is 20.7. The van der Waals surface area contributed by atoms with Gasteiger partial charge in [0, 0.05) is 61.8 Å². The first-order valence-corrected chi connectivity index (χ1v) is 12.3. The van der Waals surface area contributed by atoms with E-state index in [1.807, 2.05) is 13.8 Å². The molecule has 3 heterocycles. The number of alkyl halides is 2. The van der Waals surface area contributed by atoms with E-state index < -0.39 is 28.8 Å². The Balaban J connectivity index is 1.45. The number of piperidine rings is 1. The van der Waals surface area contributed by atoms with Crippen LogP contribution in [0.1, 0.15) is 50.8 Å². The summed E-state index contributed by atoms with van der Waals surface area (Å²) in [5.41, 5.74) is -0.749. The van der Waals surface area contributed by atoms with E-state index >= 15 is 4.39 Å². The summed E-state index contributed by atoms with van der Waals surface area (Å²) in [6.07, 6.45) is 0.180. The van der Waals surface area contributed by atoms with E-state index in [1.165, 1.54) is 4.90 Å². The van der Waals surface area contributed by atoms with E-state index in [1.54, 1.807) is 25.1 Å². The van der Waals surface area contributed by atoms with Crippen molar-refractivity contribution in [3.05, 3.63) is 35.3 Å². The highest BCUT2D eigenvalue weighted by atomic mass is 19.3. The Morgan fingerprint density at radius 1 is 1.19 bits per heavy atom. The van der Waals surface area contributed by atoms with Crippen LogP contribution in [-0.2, 0) is 10.4 Å². The van der Waals surface area contributed by atoms with Crippen LogP contribution in [0.3, 0.4) is 0 Å². The lowest BCUT2D eigenvalue weighted by Gasteiger charge is -2.52. The second-order valence-corrected chi connectivity index (χ2v) is 11.2. The fourth-order valence-electron chi connectivity index (χ4n) is 6.04. The number of pyridine rings is 1. The Morgan fingerprint density at radius 3 is 2.56 bits per heavy atom. The molecule has 0 radical (unpaired) electrons. The molecule has 2 N–H and O–H groups in total. The first kappa shape index (κ1) is 25.0. The number of benzene rings is 1. The Hall–Kier alpha value is -2.72. The van der Waals surface area contributed by atoms with Gasteiger partial charge in [-0.1, -0.05) is 19.9 Å². The zero-order chi connectivity index (χ0) is 26.0. The molecule has 194 valence electrons. The molecule has 0 bridgehead atoms. The summed E-state index contributed by atoms with van der Waals surface area (Å²) in [6, 6.07) is 4.21. The van der Waals surface area contributed by atoms with Gasteiger partial charge in [0.1, 0.15) is 5.82 Å². The second kappa shape index (κ2) is 8.41. The van der Waals surface area contributed by atoms with E-state index in [9.17, 15) is 23.5 Å². The molecular weight excluding hydrogens is 473 g/mol. The third-order valence-electron chi connectivity index (χ3n) is 8.11. The van der Waals surface area contributed by atoms with Crippen LogP contribution in [0.4, 0.5) is 23.7 Å². The molecule has 2 saturated heterocycles. The second-order valence-electron chi connectivity index (χ2n) is 11.2. The number of hydrogen-bond acceptors (Lipinski definition) is 5. The average molecular weight is 505 g/mol. The van der Waals surface area contributed by atoms with Crippen molar-refractivity contribution in [2.45, 2.75) is 58.0 Å². The summed E-state index contributed by atoms with van der Waals surface area (Å²) in [5.74, 6) is -3.59. The number of nitrogens with one attached hydrogen (secondary N) is 1. The minimum atomic E-state index is -2.57. The first-order valence-electron chi connectivity index (χ1n) is 12.3. The predicted molar refractivity (Wildman–Crippen MR) is 128 cm³/mol. The van der Waals surface area contributed by atoms with E-state index in [2.05, 4.69) is 15.2 Å². The molecule has 3 fully saturated rings. The number of halogens is 3. The van der Waals surface area contributed by atoms with Gasteiger partial charge in [0.05, 0.1) is 22.5 Å². The lowest BCUT2D eigenvalue weighted by molar-refractivity contribution is -0.147. The molecule has 2 aromatic rings. The highest BCUT2D eigenvalue weighted by Crippen LogP contribution is 2.49. The van der Waals surface area contributed by atoms with Crippen molar-refractivity contribution in [1.29, 1.82) is 0 Å². The van der Waals surface area contributed by atoms with Crippen LogP contribution in [0.15, 0.2) is 18.2 Å². The SMILES string of the molecule is Cc1nc2ccc(C3(O)CCN(CC4CC(F)(F)C4)CC3(C)C)c(F)c2cc1N1CCC(=O)NC1=O. The van der Waals surface area contributed by atoms with E-state index in [-0.39, 0.29) is 55.0 Å². The van der Waals surface area contributed by atoms with Crippen LogP contribution in [-0.4, -0.2) is 59.0 Å². The van der Waals surface area contributed by atoms with E-state index in [0.717, 1.165) is 0 Å². The van der Waals surface area contributed by atoms with E-state index in [4.69, 9.17) is 0 Å². The molecule has 1 unspecified atom stereocenters. The van der Waals surface area contributed by atoms with Gasteiger partial charge in [-0.25, -0.2) is 18.0 Å². The van der Waals surface area contributed by atoms with Gasteiger partial charge in [0.25, 0.3) is 0 Å². The lowest BCUT2D eigenvalue weighted by Crippen LogP contribution is -2.57. The Bertz CT molecular complexity index is 1240. The minimum Gasteiger partial charge on any atom is -0.384 e. The molecular formula is C26H31F3N4O3. The number of aryl methyl sites for hydroxylation is 1. The quantitative estimate of drug-likeness (QED) is 0.655. The third-order valence-corrected chi connectivity index (χ3v) is 8.11. The Kier molecular flexibility index (Phi) is 5.83. The van der Waals surface area contributed by atoms with Gasteiger partial charge in [0.2, 0.25) is 11.8 Å². The summed E-state index contributed by atoms with van der Waals surface area (Å²) in [6.45, 7) is 7.08. The number of carbonyl (C=O) groups is 2. The zero-order valence-corrected chi connectivity index (χ0v) is 20.7. The van der Waals surface area contributed by atoms with Gasteiger partial charge in [0.15, 0.2) is 0 Å². The molecule has 3 aliphatic rings. The molecule has 5 rings (SSSR count). The summed E-state index contributed by atoms with van der Waals surface area (Å²) in [5, 5.41) is 14.3. The molecule has 0 spiro atoms. The summed E-state index contributed by atoms with van der Waals surface area (Å²) in [7, 11) is 0. The molecule has 1 aromatic carbocycles. The smallest absolute Gasteiger partial charge is 0.328 e. The maximum absolute atomic E-state index is 16.1. The fraction of sp³-hybridized carbons (Fsp3) is 0.577. The fourth-order valence-corrected chi connectivity index (χ4v) is 6.04. The summed E-state index contributed by atoms with van der Waals surface area (Å²) < 4.78 is 42.6. The number of hydrogen-bond donors (Lipinski definition) is 2. The Labute approximate surface area is 207 Å². The molecule has 3 amide bonds. The Morgan fingerprint density at radius 2 is 1.92 bits per heavy atom. The van der Waals surface area contributed by atoms with Crippen molar-refractivity contribution in [1.82, 2.24) is 15.2 Å². The maximum atomic E-state index is 16.1. The van der Waals surface area contributed by atoms with Crippen molar-refractivity contribution in [2.24, 2.45) is 11.3 Å². The van der Waals surface area contributed by atoms with Gasteiger partial charge in [-0.05, 0) is 31.4 Å². The van der Waals surface area contributed by atoms with Crippen LogP contribution in [0.25, 0.3) is 10.9 Å². The van der Waals surface area contributed by atoms with Crippen LogP contribution in [0.2, 0.25) is 0 Å². The molecule has 7 nitrogen and oxygen atoms in total. The number of amides is 3. The highest BCUT2D eigenvalue weighted by Gasteiger charge is 2.52. The molecule has 1 saturated carbocycles. The normalized spacial score (nSPS) is 26.7. The van der Waals surface area contributed by atoms with Crippen LogP contribution >= 0.6 is 0 Å². The predicted octanol–water partition coefficient (Wildman–Crippen LogP) is 4.09. The summed E-state index contributed by atoms with van der Waals surface area (Å²) in [4.78, 5) is 31.9. The van der Waals surface area contributed by atoms with Crippen molar-refractivity contribution >= 4 is 28.5 Å². The standard InChI is InChI=1S/C26H31F3N4O3/c1-15-20(33-8-6-21(34)31-23(33)35)10-17-19(30-15)5-4-18(22(17)27)26(36)7-9-32(14-24(26,2)3)13-16-11-25(28,29)12-16/h4-5,10,16,36H,6-9,11-14H2,1-3H3,(H,31,34,35). The molecule has 1 atom stereocenters. The van der Waals surface area contributed by atoms with Crippen LogP contribution < -0.4 is 10.2 Å². The largest absolute Gasteiger partial charge is 0.384 e.